The van der Waals surface area contributed by atoms with Crippen molar-refractivity contribution in [3.05, 3.63) is 0 Å². The molecule has 0 spiro atoms. The first-order chi connectivity index (χ1) is 9.96. The van der Waals surface area contributed by atoms with Crippen molar-refractivity contribution in [1.29, 1.82) is 0 Å². The summed E-state index contributed by atoms with van der Waals surface area (Å²) in [4.78, 5) is 11.1. The molecule has 2 rings (SSSR count). The normalized spacial score (nSPS) is 44.2. The molecule has 0 aliphatic heterocycles. The number of ether oxygens (including phenoxy) is 1. The summed E-state index contributed by atoms with van der Waals surface area (Å²) in [6, 6.07) is 0. The smallest absolute Gasteiger partial charge is 0.302 e. The lowest BCUT2D eigenvalue weighted by atomic mass is 9.43. The van der Waals surface area contributed by atoms with E-state index in [0.29, 0.717) is 18.8 Å². The van der Waals surface area contributed by atoms with Gasteiger partial charge in [-0.1, -0.05) is 27.2 Å². The van der Waals surface area contributed by atoms with Gasteiger partial charge >= 0.3 is 5.97 Å². The highest BCUT2D eigenvalue weighted by molar-refractivity contribution is 5.65. The highest BCUT2D eigenvalue weighted by Gasteiger charge is 2.66. The maximum atomic E-state index is 11.6. The SMILES string of the molecule is CC(=O)OCC[C@]1(O)[C@@]2(C)CCCC(C)(C)C2CC[C@@]1(C)O. The lowest BCUT2D eigenvalue weighted by Gasteiger charge is -2.65. The maximum absolute atomic E-state index is 11.6. The molecule has 2 aliphatic rings. The predicted octanol–water partition coefficient (Wildman–Crippen LogP) is 3.05. The van der Waals surface area contributed by atoms with E-state index in [9.17, 15) is 15.0 Å². The molecule has 2 fully saturated rings. The van der Waals surface area contributed by atoms with E-state index in [1.807, 2.05) is 0 Å². The van der Waals surface area contributed by atoms with Crippen molar-refractivity contribution >= 4 is 5.97 Å². The first kappa shape index (κ1) is 17.7. The lowest BCUT2D eigenvalue weighted by molar-refractivity contribution is -0.276. The highest BCUT2D eigenvalue weighted by atomic mass is 16.5. The molecule has 128 valence electrons. The van der Waals surface area contributed by atoms with E-state index in [0.717, 1.165) is 25.7 Å². The molecule has 22 heavy (non-hydrogen) atoms. The van der Waals surface area contributed by atoms with Crippen molar-refractivity contribution in [3.63, 3.8) is 0 Å². The minimum absolute atomic E-state index is 0.157. The zero-order valence-electron chi connectivity index (χ0n) is 14.7. The van der Waals surface area contributed by atoms with Gasteiger partial charge in [-0.3, -0.25) is 4.79 Å². The quantitative estimate of drug-likeness (QED) is 0.786. The van der Waals surface area contributed by atoms with E-state index in [4.69, 9.17) is 4.74 Å². The first-order valence-corrected chi connectivity index (χ1v) is 8.54. The first-order valence-electron chi connectivity index (χ1n) is 8.54. The van der Waals surface area contributed by atoms with Crippen molar-refractivity contribution in [2.45, 2.75) is 84.3 Å². The zero-order chi connectivity index (χ0) is 16.8. The summed E-state index contributed by atoms with van der Waals surface area (Å²) >= 11 is 0. The minimum atomic E-state index is -1.23. The second kappa shape index (κ2) is 5.48. The van der Waals surface area contributed by atoms with Crippen molar-refractivity contribution in [1.82, 2.24) is 0 Å². The fourth-order valence-electron chi connectivity index (χ4n) is 5.47. The summed E-state index contributed by atoms with van der Waals surface area (Å²) in [7, 11) is 0. The lowest BCUT2D eigenvalue weighted by Crippen LogP contribution is -2.70. The highest BCUT2D eigenvalue weighted by Crippen LogP contribution is 2.64. The van der Waals surface area contributed by atoms with Crippen LogP contribution in [0.2, 0.25) is 0 Å². The molecular formula is C18H32O4. The molecule has 2 aliphatic carbocycles. The second-order valence-electron chi connectivity index (χ2n) is 8.58. The Balaban J connectivity index is 2.35. The van der Waals surface area contributed by atoms with Crippen LogP contribution in [0.15, 0.2) is 0 Å². The molecule has 0 aromatic rings. The van der Waals surface area contributed by atoms with Crippen LogP contribution in [0.5, 0.6) is 0 Å². The Morgan fingerprint density at radius 2 is 1.77 bits per heavy atom. The summed E-state index contributed by atoms with van der Waals surface area (Å²) in [5.41, 5.74) is -2.56. The van der Waals surface area contributed by atoms with E-state index < -0.39 is 11.2 Å². The van der Waals surface area contributed by atoms with E-state index in [1.165, 1.54) is 6.92 Å². The summed E-state index contributed by atoms with van der Waals surface area (Å²) in [6.07, 6.45) is 4.96. The Hall–Kier alpha value is -0.610. The molecule has 0 bridgehead atoms. The molecule has 4 nitrogen and oxygen atoms in total. The monoisotopic (exact) mass is 312 g/mol. The number of carbonyl (C=O) groups is 1. The number of rotatable bonds is 3. The molecule has 0 amide bonds. The molecular weight excluding hydrogens is 280 g/mol. The average molecular weight is 312 g/mol. The Morgan fingerprint density at radius 3 is 2.36 bits per heavy atom. The van der Waals surface area contributed by atoms with Crippen molar-refractivity contribution < 1.29 is 19.7 Å². The number of hydrogen-bond acceptors (Lipinski definition) is 4. The summed E-state index contributed by atoms with van der Waals surface area (Å²) < 4.78 is 5.07. The van der Waals surface area contributed by atoms with Crippen LogP contribution in [0.3, 0.4) is 0 Å². The van der Waals surface area contributed by atoms with Crippen molar-refractivity contribution in [2.24, 2.45) is 16.7 Å². The van der Waals surface area contributed by atoms with Gasteiger partial charge in [0.1, 0.15) is 5.60 Å². The molecule has 0 saturated heterocycles. The molecule has 2 N–H and O–H groups in total. The zero-order valence-corrected chi connectivity index (χ0v) is 14.7. The average Bonchev–Trinajstić information content (AvgIpc) is 2.34. The van der Waals surface area contributed by atoms with Gasteiger partial charge in [-0.2, -0.15) is 0 Å². The predicted molar refractivity (Wildman–Crippen MR) is 85.3 cm³/mol. The van der Waals surface area contributed by atoms with Gasteiger partial charge in [0.15, 0.2) is 0 Å². The maximum Gasteiger partial charge on any atom is 0.302 e. The van der Waals surface area contributed by atoms with Crippen LogP contribution >= 0.6 is 0 Å². The Labute approximate surface area is 134 Å². The van der Waals surface area contributed by atoms with E-state index in [-0.39, 0.29) is 23.4 Å². The van der Waals surface area contributed by atoms with Gasteiger partial charge in [-0.15, -0.1) is 0 Å². The van der Waals surface area contributed by atoms with E-state index >= 15 is 0 Å². The van der Waals surface area contributed by atoms with Crippen molar-refractivity contribution in [3.8, 4) is 0 Å². The Kier molecular flexibility index (Phi) is 4.42. The molecule has 0 radical (unpaired) electrons. The van der Waals surface area contributed by atoms with Crippen LogP contribution in [0.25, 0.3) is 0 Å². The van der Waals surface area contributed by atoms with Gasteiger partial charge in [0, 0.05) is 18.8 Å². The molecule has 4 heteroatoms. The van der Waals surface area contributed by atoms with Crippen LogP contribution in [0.4, 0.5) is 0 Å². The molecule has 0 aromatic carbocycles. The number of carbonyl (C=O) groups excluding carboxylic acids is 1. The molecule has 4 atom stereocenters. The third kappa shape index (κ3) is 2.58. The third-order valence-electron chi connectivity index (χ3n) is 6.75. The third-order valence-corrected chi connectivity index (χ3v) is 6.75. The number of esters is 1. The van der Waals surface area contributed by atoms with Crippen LogP contribution < -0.4 is 0 Å². The van der Waals surface area contributed by atoms with Crippen LogP contribution in [-0.2, 0) is 9.53 Å². The summed E-state index contributed by atoms with van der Waals surface area (Å²) in [5, 5.41) is 22.5. The number of hydrogen-bond donors (Lipinski definition) is 2. The van der Waals surface area contributed by atoms with Gasteiger partial charge in [-0.05, 0) is 43.9 Å². The minimum Gasteiger partial charge on any atom is -0.466 e. The van der Waals surface area contributed by atoms with Crippen LogP contribution in [-0.4, -0.2) is 34.0 Å². The van der Waals surface area contributed by atoms with Gasteiger partial charge < -0.3 is 14.9 Å². The van der Waals surface area contributed by atoms with Gasteiger partial charge in [-0.25, -0.2) is 0 Å². The van der Waals surface area contributed by atoms with E-state index in [2.05, 4.69) is 20.8 Å². The second-order valence-corrected chi connectivity index (χ2v) is 8.58. The fraction of sp³-hybridized carbons (Fsp3) is 0.944. The largest absolute Gasteiger partial charge is 0.466 e. The Bertz CT molecular complexity index is 442. The van der Waals surface area contributed by atoms with Crippen molar-refractivity contribution in [2.75, 3.05) is 6.61 Å². The molecule has 0 heterocycles. The Morgan fingerprint density at radius 1 is 1.14 bits per heavy atom. The van der Waals surface area contributed by atoms with Gasteiger partial charge in [0.25, 0.3) is 0 Å². The van der Waals surface area contributed by atoms with Crippen LogP contribution in [0, 0.1) is 16.7 Å². The summed E-state index contributed by atoms with van der Waals surface area (Å²) in [6.45, 7) is 9.95. The molecule has 0 aromatic heterocycles. The molecule has 2 saturated carbocycles. The number of fused-ring (bicyclic) bond motifs is 1. The number of aliphatic hydroxyl groups is 2. The van der Waals surface area contributed by atoms with E-state index in [1.54, 1.807) is 6.92 Å². The van der Waals surface area contributed by atoms with Crippen LogP contribution in [0.1, 0.15) is 73.1 Å². The topological polar surface area (TPSA) is 66.8 Å². The molecule has 1 unspecified atom stereocenters. The van der Waals surface area contributed by atoms with Gasteiger partial charge in [0.05, 0.1) is 12.2 Å². The standard InChI is InChI=1S/C18H32O4/c1-13(19)22-12-11-18(21)16(4)9-6-8-15(2,3)14(16)7-10-17(18,5)20/h14,20-21H,6-12H2,1-5H3/t14?,16-,17+,18-/m0/s1. The summed E-state index contributed by atoms with van der Waals surface area (Å²) in [5.74, 6) is 0.0287. The van der Waals surface area contributed by atoms with Gasteiger partial charge in [0.2, 0.25) is 0 Å². The fourth-order valence-corrected chi connectivity index (χ4v) is 5.47.